The summed E-state index contributed by atoms with van der Waals surface area (Å²) in [7, 11) is 0. The first-order valence-electron chi connectivity index (χ1n) is 4.74. The molecule has 4 nitrogen and oxygen atoms in total. The second kappa shape index (κ2) is 3.86. The Morgan fingerprint density at radius 1 is 1.17 bits per heavy atom. The Kier molecular flexibility index (Phi) is 2.61. The summed E-state index contributed by atoms with van der Waals surface area (Å²) in [6.45, 7) is 0. The SMILES string of the molecule is NC(=O)C(=O)c1cc2cc(C(F)(F)F)ccc2o1. The Hall–Kier alpha value is -2.31. The standard InChI is InChI=1S/C11H6F3NO3/c12-11(13,14)6-1-2-7-5(3-6)4-8(18-7)9(16)10(15)17/h1-4H,(H2,15,17). The summed E-state index contributed by atoms with van der Waals surface area (Å²) >= 11 is 0. The number of hydrogen-bond acceptors (Lipinski definition) is 3. The lowest BCUT2D eigenvalue weighted by molar-refractivity contribution is -0.137. The van der Waals surface area contributed by atoms with Crippen molar-refractivity contribution in [3.8, 4) is 0 Å². The number of alkyl halides is 3. The molecule has 94 valence electrons. The Morgan fingerprint density at radius 3 is 2.39 bits per heavy atom. The first-order chi connectivity index (χ1) is 8.29. The maximum absolute atomic E-state index is 12.4. The van der Waals surface area contributed by atoms with E-state index in [1.807, 2.05) is 0 Å². The van der Waals surface area contributed by atoms with E-state index in [1.54, 1.807) is 0 Å². The number of benzene rings is 1. The van der Waals surface area contributed by atoms with Crippen molar-refractivity contribution in [1.82, 2.24) is 0 Å². The number of ketones is 1. The van der Waals surface area contributed by atoms with Crippen LogP contribution in [0.2, 0.25) is 0 Å². The summed E-state index contributed by atoms with van der Waals surface area (Å²) in [5, 5.41) is 0.0782. The van der Waals surface area contributed by atoms with Gasteiger partial charge in [-0.15, -0.1) is 0 Å². The van der Waals surface area contributed by atoms with E-state index in [2.05, 4.69) is 0 Å². The quantitative estimate of drug-likeness (QED) is 0.661. The Labute approximate surface area is 98.2 Å². The first-order valence-corrected chi connectivity index (χ1v) is 4.74. The summed E-state index contributed by atoms with van der Waals surface area (Å²) in [5.74, 6) is -2.69. The average molecular weight is 257 g/mol. The van der Waals surface area contributed by atoms with Gasteiger partial charge in [-0.05, 0) is 24.3 Å². The van der Waals surface area contributed by atoms with Crippen molar-refractivity contribution in [2.75, 3.05) is 0 Å². The van der Waals surface area contributed by atoms with E-state index in [1.165, 1.54) is 0 Å². The van der Waals surface area contributed by atoms with Gasteiger partial charge in [0.05, 0.1) is 5.56 Å². The number of furan rings is 1. The maximum Gasteiger partial charge on any atom is 0.416 e. The maximum atomic E-state index is 12.4. The van der Waals surface area contributed by atoms with Gasteiger partial charge in [-0.25, -0.2) is 0 Å². The molecule has 0 spiro atoms. The molecule has 0 radical (unpaired) electrons. The van der Waals surface area contributed by atoms with Crippen LogP contribution in [0.25, 0.3) is 11.0 Å². The number of carbonyl (C=O) groups is 2. The molecule has 0 fully saturated rings. The van der Waals surface area contributed by atoms with Gasteiger partial charge < -0.3 is 10.2 Å². The number of hydrogen-bond donors (Lipinski definition) is 1. The smallest absolute Gasteiger partial charge is 0.416 e. The number of amides is 1. The minimum absolute atomic E-state index is 0.0765. The zero-order valence-corrected chi connectivity index (χ0v) is 8.75. The Bertz CT molecular complexity index is 643. The van der Waals surface area contributed by atoms with Gasteiger partial charge in [0.1, 0.15) is 5.58 Å². The molecule has 0 saturated heterocycles. The molecule has 0 aliphatic heterocycles. The molecule has 2 aromatic rings. The fourth-order valence-corrected chi connectivity index (χ4v) is 1.45. The van der Waals surface area contributed by atoms with Crippen LogP contribution in [-0.4, -0.2) is 11.7 Å². The highest BCUT2D eigenvalue weighted by Gasteiger charge is 2.31. The first kappa shape index (κ1) is 12.2. The number of rotatable bonds is 2. The largest absolute Gasteiger partial charge is 0.452 e. The molecule has 0 aliphatic rings. The monoisotopic (exact) mass is 257 g/mol. The molecular formula is C11H6F3NO3. The third-order valence-corrected chi connectivity index (χ3v) is 2.29. The van der Waals surface area contributed by atoms with Crippen molar-refractivity contribution >= 4 is 22.7 Å². The lowest BCUT2D eigenvalue weighted by atomic mass is 10.1. The van der Waals surface area contributed by atoms with Gasteiger partial charge in [-0.1, -0.05) is 0 Å². The van der Waals surface area contributed by atoms with Crippen molar-refractivity contribution in [3.05, 3.63) is 35.6 Å². The van der Waals surface area contributed by atoms with Gasteiger partial charge in [-0.2, -0.15) is 13.2 Å². The van der Waals surface area contributed by atoms with Crippen molar-refractivity contribution in [3.63, 3.8) is 0 Å². The summed E-state index contributed by atoms with van der Waals surface area (Å²) in [5.41, 5.74) is 3.97. The number of fused-ring (bicyclic) bond motifs is 1. The molecule has 0 aliphatic carbocycles. The molecule has 0 saturated carbocycles. The third kappa shape index (κ3) is 2.06. The van der Waals surface area contributed by atoms with E-state index < -0.39 is 23.4 Å². The number of carbonyl (C=O) groups excluding carboxylic acids is 2. The van der Waals surface area contributed by atoms with E-state index >= 15 is 0 Å². The molecule has 1 amide bonds. The highest BCUT2D eigenvalue weighted by molar-refractivity contribution is 6.41. The molecular weight excluding hydrogens is 251 g/mol. The summed E-state index contributed by atoms with van der Waals surface area (Å²) < 4.78 is 42.3. The second-order valence-corrected chi connectivity index (χ2v) is 3.55. The van der Waals surface area contributed by atoms with Crippen molar-refractivity contribution < 1.29 is 27.2 Å². The molecule has 2 rings (SSSR count). The van der Waals surface area contributed by atoms with Crippen LogP contribution >= 0.6 is 0 Å². The third-order valence-electron chi connectivity index (χ3n) is 2.29. The lowest BCUT2D eigenvalue weighted by Gasteiger charge is -2.04. The molecule has 0 unspecified atom stereocenters. The minimum Gasteiger partial charge on any atom is -0.452 e. The predicted molar refractivity (Wildman–Crippen MR) is 54.7 cm³/mol. The van der Waals surface area contributed by atoms with Crippen LogP contribution in [0, 0.1) is 0 Å². The molecule has 0 atom stereocenters. The fraction of sp³-hybridized carbons (Fsp3) is 0.0909. The lowest BCUT2D eigenvalue weighted by Crippen LogP contribution is -2.22. The Morgan fingerprint density at radius 2 is 1.83 bits per heavy atom. The van der Waals surface area contributed by atoms with Gasteiger partial charge in [0.15, 0.2) is 5.76 Å². The van der Waals surface area contributed by atoms with Crippen molar-refractivity contribution in [1.29, 1.82) is 0 Å². The normalized spacial score (nSPS) is 11.7. The van der Waals surface area contributed by atoms with Crippen LogP contribution in [0.15, 0.2) is 28.7 Å². The van der Waals surface area contributed by atoms with Crippen LogP contribution in [0.1, 0.15) is 16.1 Å². The van der Waals surface area contributed by atoms with Crippen LogP contribution < -0.4 is 5.73 Å². The summed E-state index contributed by atoms with van der Waals surface area (Å²) in [6, 6.07) is 3.79. The topological polar surface area (TPSA) is 73.3 Å². The van der Waals surface area contributed by atoms with Gasteiger partial charge in [0, 0.05) is 5.39 Å². The molecule has 1 aromatic carbocycles. The van der Waals surface area contributed by atoms with Crippen LogP contribution in [0.3, 0.4) is 0 Å². The minimum atomic E-state index is -4.49. The number of Topliss-reactive ketones (excluding diaryl/α,β-unsaturated/α-hetero) is 1. The highest BCUT2D eigenvalue weighted by atomic mass is 19.4. The second-order valence-electron chi connectivity index (χ2n) is 3.55. The molecule has 18 heavy (non-hydrogen) atoms. The number of halogens is 3. The Balaban J connectivity index is 2.53. The summed E-state index contributed by atoms with van der Waals surface area (Å²) in [4.78, 5) is 21.8. The fourth-order valence-electron chi connectivity index (χ4n) is 1.45. The summed E-state index contributed by atoms with van der Waals surface area (Å²) in [6.07, 6.45) is -4.49. The number of primary amides is 1. The molecule has 0 bridgehead atoms. The zero-order chi connectivity index (χ0) is 13.5. The molecule has 7 heteroatoms. The van der Waals surface area contributed by atoms with E-state index in [0.717, 1.165) is 24.3 Å². The van der Waals surface area contributed by atoms with Gasteiger partial charge in [0.25, 0.3) is 11.7 Å². The zero-order valence-electron chi connectivity index (χ0n) is 8.75. The van der Waals surface area contributed by atoms with Crippen molar-refractivity contribution in [2.45, 2.75) is 6.18 Å². The van der Waals surface area contributed by atoms with Crippen molar-refractivity contribution in [2.24, 2.45) is 5.73 Å². The van der Waals surface area contributed by atoms with E-state index in [-0.39, 0.29) is 16.7 Å². The highest BCUT2D eigenvalue weighted by Crippen LogP contribution is 2.32. The van der Waals surface area contributed by atoms with Gasteiger partial charge >= 0.3 is 6.18 Å². The molecule has 2 N–H and O–H groups in total. The van der Waals surface area contributed by atoms with Crippen LogP contribution in [-0.2, 0) is 11.0 Å². The van der Waals surface area contributed by atoms with Crippen LogP contribution in [0.4, 0.5) is 13.2 Å². The van der Waals surface area contributed by atoms with Gasteiger partial charge in [-0.3, -0.25) is 9.59 Å². The van der Waals surface area contributed by atoms with E-state index in [4.69, 9.17) is 10.2 Å². The molecule has 1 heterocycles. The molecule has 1 aromatic heterocycles. The number of nitrogens with two attached hydrogens (primary N) is 1. The van der Waals surface area contributed by atoms with Gasteiger partial charge in [0.2, 0.25) is 0 Å². The van der Waals surface area contributed by atoms with E-state index in [9.17, 15) is 22.8 Å². The average Bonchev–Trinajstić information content (AvgIpc) is 2.68. The van der Waals surface area contributed by atoms with Crippen LogP contribution in [0.5, 0.6) is 0 Å². The van der Waals surface area contributed by atoms with E-state index in [0.29, 0.717) is 0 Å². The predicted octanol–water partition coefficient (Wildman–Crippen LogP) is 2.12.